The van der Waals surface area contributed by atoms with Crippen LogP contribution in [-0.2, 0) is 26.1 Å². The van der Waals surface area contributed by atoms with E-state index in [1.54, 1.807) is 0 Å². The van der Waals surface area contributed by atoms with Gasteiger partial charge in [-0.3, -0.25) is 9.35 Å². The number of hydrogen-bond acceptors (Lipinski definition) is 8. The Bertz CT molecular complexity index is 749. The summed E-state index contributed by atoms with van der Waals surface area (Å²) in [6.45, 7) is 1.45. The number of carboxylic acids is 1. The highest BCUT2D eigenvalue weighted by atomic mass is 32.2. The van der Waals surface area contributed by atoms with Crippen molar-refractivity contribution in [2.24, 2.45) is 5.73 Å². The summed E-state index contributed by atoms with van der Waals surface area (Å²) in [6.07, 6.45) is -0.623. The number of carbonyl (C=O) groups is 2. The van der Waals surface area contributed by atoms with Gasteiger partial charge in [-0.15, -0.1) is 0 Å². The second-order valence-corrected chi connectivity index (χ2v) is 5.46. The zero-order chi connectivity index (χ0) is 17.1. The third-order valence-electron chi connectivity index (χ3n) is 2.48. The number of ether oxygens (including phenoxy) is 1. The van der Waals surface area contributed by atoms with Crippen molar-refractivity contribution in [1.82, 2.24) is 0 Å². The summed E-state index contributed by atoms with van der Waals surface area (Å²) in [4.78, 5) is 32.8. The van der Waals surface area contributed by atoms with E-state index in [0.29, 0.717) is 0 Å². The summed E-state index contributed by atoms with van der Waals surface area (Å²) in [5, 5.41) is 8.74. The molecule has 1 rings (SSSR count). The number of carbonyl (C=O) groups excluding carboxylic acids is 1. The third kappa shape index (κ3) is 4.13. The van der Waals surface area contributed by atoms with Gasteiger partial charge >= 0.3 is 27.7 Å². The molecule has 0 spiro atoms. The minimum Gasteiger partial charge on any atom is -0.480 e. The Hall–Kier alpha value is -2.24. The molecule has 0 saturated heterocycles. The first-order valence-electron chi connectivity index (χ1n) is 5.88. The molecule has 0 aromatic carbocycles. The Labute approximate surface area is 124 Å². The van der Waals surface area contributed by atoms with Crippen molar-refractivity contribution in [2.75, 3.05) is 6.61 Å². The Morgan fingerprint density at radius 1 is 1.45 bits per heavy atom. The molecule has 10 nitrogen and oxygen atoms in total. The van der Waals surface area contributed by atoms with Crippen LogP contribution in [0.3, 0.4) is 0 Å². The molecule has 22 heavy (non-hydrogen) atoms. The quantitative estimate of drug-likeness (QED) is 0.432. The first-order valence-corrected chi connectivity index (χ1v) is 7.32. The zero-order valence-corrected chi connectivity index (χ0v) is 12.1. The highest BCUT2D eigenvalue weighted by Gasteiger charge is 2.27. The van der Waals surface area contributed by atoms with Crippen molar-refractivity contribution < 1.29 is 36.8 Å². The predicted molar refractivity (Wildman–Crippen MR) is 70.1 cm³/mol. The van der Waals surface area contributed by atoms with Crippen molar-refractivity contribution in [3.8, 4) is 0 Å². The van der Waals surface area contributed by atoms with E-state index in [1.807, 2.05) is 0 Å². The number of hydrogen-bond donors (Lipinski definition) is 3. The molecular formula is C11H13NO9S. The maximum Gasteiger partial charge on any atom is 0.374 e. The maximum absolute atomic E-state index is 11.7. The van der Waals surface area contributed by atoms with Gasteiger partial charge in [0.15, 0.2) is 4.90 Å². The summed E-state index contributed by atoms with van der Waals surface area (Å²) in [5.41, 5.74) is 3.28. The standard InChI is InChI=1S/C11H13NO9S/c1-2-20-10(15)7-4-5(3-6(12)9(13)14)8(11(16)21-7)22(17,18)19/h4,6H,2-3,12H2,1H3,(H,13,14)(H,17,18,19). The number of aliphatic carboxylic acids is 1. The third-order valence-corrected chi connectivity index (χ3v) is 3.42. The monoisotopic (exact) mass is 335 g/mol. The van der Waals surface area contributed by atoms with Crippen LogP contribution in [0.15, 0.2) is 20.2 Å². The molecule has 0 amide bonds. The van der Waals surface area contributed by atoms with Crippen LogP contribution in [0.2, 0.25) is 0 Å². The molecular weight excluding hydrogens is 322 g/mol. The topological polar surface area (TPSA) is 174 Å². The fraction of sp³-hybridized carbons (Fsp3) is 0.364. The fourth-order valence-electron chi connectivity index (χ4n) is 1.58. The van der Waals surface area contributed by atoms with Gasteiger partial charge in [0.25, 0.3) is 0 Å². The minimum absolute atomic E-state index is 0.0352. The molecule has 0 aliphatic heterocycles. The highest BCUT2D eigenvalue weighted by molar-refractivity contribution is 7.85. The van der Waals surface area contributed by atoms with Crippen molar-refractivity contribution in [1.29, 1.82) is 0 Å². The minimum atomic E-state index is -5.00. The van der Waals surface area contributed by atoms with Crippen molar-refractivity contribution >= 4 is 22.1 Å². The van der Waals surface area contributed by atoms with Gasteiger partial charge in [0.2, 0.25) is 5.76 Å². The van der Waals surface area contributed by atoms with Crippen molar-refractivity contribution in [3.63, 3.8) is 0 Å². The molecule has 4 N–H and O–H groups in total. The summed E-state index contributed by atoms with van der Waals surface area (Å²) >= 11 is 0. The largest absolute Gasteiger partial charge is 0.480 e. The summed E-state index contributed by atoms with van der Waals surface area (Å²) in [5.74, 6) is -3.15. The van der Waals surface area contributed by atoms with E-state index < -0.39 is 56.4 Å². The molecule has 1 atom stereocenters. The molecule has 1 aromatic heterocycles. The second-order valence-electron chi connectivity index (χ2n) is 4.10. The number of nitrogens with two attached hydrogens (primary N) is 1. The van der Waals surface area contributed by atoms with Crippen LogP contribution in [0.4, 0.5) is 0 Å². The van der Waals surface area contributed by atoms with Gasteiger partial charge in [-0.05, 0) is 18.6 Å². The van der Waals surface area contributed by atoms with Crippen LogP contribution in [-0.4, -0.2) is 42.7 Å². The van der Waals surface area contributed by atoms with Crippen molar-refractivity contribution in [2.45, 2.75) is 24.3 Å². The zero-order valence-electron chi connectivity index (χ0n) is 11.3. The number of rotatable bonds is 6. The molecule has 0 aliphatic rings. The van der Waals surface area contributed by atoms with Gasteiger partial charge in [0.1, 0.15) is 6.04 Å². The first kappa shape index (κ1) is 17.8. The highest BCUT2D eigenvalue weighted by Crippen LogP contribution is 2.16. The van der Waals surface area contributed by atoms with E-state index in [9.17, 15) is 22.8 Å². The van der Waals surface area contributed by atoms with Crippen LogP contribution < -0.4 is 11.4 Å². The molecule has 0 saturated carbocycles. The van der Waals surface area contributed by atoms with Crippen LogP contribution in [0.5, 0.6) is 0 Å². The Morgan fingerprint density at radius 3 is 2.50 bits per heavy atom. The average molecular weight is 335 g/mol. The molecule has 0 aliphatic carbocycles. The van der Waals surface area contributed by atoms with E-state index in [1.165, 1.54) is 6.92 Å². The van der Waals surface area contributed by atoms with E-state index in [-0.39, 0.29) is 6.61 Å². The van der Waals surface area contributed by atoms with Gasteiger partial charge in [-0.1, -0.05) is 0 Å². The first-order chi connectivity index (χ1) is 10.1. The molecule has 0 radical (unpaired) electrons. The normalized spacial score (nSPS) is 12.7. The molecule has 122 valence electrons. The van der Waals surface area contributed by atoms with Gasteiger partial charge < -0.3 is 20.0 Å². The number of esters is 1. The van der Waals surface area contributed by atoms with Crippen LogP contribution in [0.25, 0.3) is 0 Å². The van der Waals surface area contributed by atoms with Crippen molar-refractivity contribution in [3.05, 3.63) is 27.8 Å². The summed E-state index contributed by atoms with van der Waals surface area (Å²) in [6, 6.07) is -0.761. The van der Waals surface area contributed by atoms with Gasteiger partial charge in [0, 0.05) is 6.42 Å². The Kier molecular flexibility index (Phi) is 5.41. The van der Waals surface area contributed by atoms with Gasteiger partial charge in [0.05, 0.1) is 6.61 Å². The number of carboxylic acid groups (broad SMARTS) is 1. The van der Waals surface area contributed by atoms with Gasteiger partial charge in [-0.25, -0.2) is 9.59 Å². The van der Waals surface area contributed by atoms with Crippen LogP contribution in [0, 0.1) is 0 Å². The average Bonchev–Trinajstić information content (AvgIpc) is 2.36. The molecule has 1 heterocycles. The van der Waals surface area contributed by atoms with E-state index in [4.69, 9.17) is 15.4 Å². The lowest BCUT2D eigenvalue weighted by atomic mass is 10.1. The van der Waals surface area contributed by atoms with Crippen LogP contribution in [0.1, 0.15) is 23.0 Å². The lowest BCUT2D eigenvalue weighted by Crippen LogP contribution is -2.33. The van der Waals surface area contributed by atoms with E-state index >= 15 is 0 Å². The van der Waals surface area contributed by atoms with E-state index in [2.05, 4.69) is 9.15 Å². The maximum atomic E-state index is 11.7. The molecule has 1 aromatic rings. The summed E-state index contributed by atoms with van der Waals surface area (Å²) in [7, 11) is -5.00. The SMILES string of the molecule is CCOC(=O)c1cc(CC(N)C(=O)O)c(S(=O)(=O)O)c(=O)o1. The lowest BCUT2D eigenvalue weighted by molar-refractivity contribution is -0.138. The summed E-state index contributed by atoms with van der Waals surface area (Å²) < 4.78 is 40.5. The molecule has 1 unspecified atom stereocenters. The fourth-order valence-corrected chi connectivity index (χ4v) is 2.31. The lowest BCUT2D eigenvalue weighted by Gasteiger charge is -2.10. The van der Waals surface area contributed by atoms with Crippen LogP contribution >= 0.6 is 0 Å². The van der Waals surface area contributed by atoms with Gasteiger partial charge in [-0.2, -0.15) is 8.42 Å². The molecule has 0 bridgehead atoms. The predicted octanol–water partition coefficient (Wildman–Crippen LogP) is -0.982. The Balaban J connectivity index is 3.50. The molecule has 0 fully saturated rings. The second kappa shape index (κ2) is 6.68. The molecule has 11 heteroatoms. The smallest absolute Gasteiger partial charge is 0.374 e. The van der Waals surface area contributed by atoms with E-state index in [0.717, 1.165) is 6.07 Å². The Morgan fingerprint density at radius 2 is 2.05 bits per heavy atom.